The van der Waals surface area contributed by atoms with Crippen molar-refractivity contribution in [2.75, 3.05) is 13.6 Å². The maximum atomic E-state index is 12.4. The molecule has 19 heavy (non-hydrogen) atoms. The molecule has 2 rings (SSSR count). The Morgan fingerprint density at radius 2 is 2.16 bits per heavy atom. The van der Waals surface area contributed by atoms with Crippen LogP contribution in [0.15, 0.2) is 10.9 Å². The zero-order valence-electron chi connectivity index (χ0n) is 12.0. The molecule has 1 aromatic heterocycles. The molecule has 1 aromatic rings. The van der Waals surface area contributed by atoms with Crippen LogP contribution in [-0.2, 0) is 19.5 Å². The van der Waals surface area contributed by atoms with Gasteiger partial charge in [-0.2, -0.15) is 0 Å². The van der Waals surface area contributed by atoms with E-state index in [1.165, 1.54) is 6.92 Å². The molecule has 4 heteroatoms. The maximum Gasteiger partial charge on any atom is 0.261 e. The number of pyridine rings is 1. The van der Waals surface area contributed by atoms with Crippen molar-refractivity contribution in [3.63, 3.8) is 0 Å². The Bertz CT molecular complexity index is 546. The van der Waals surface area contributed by atoms with E-state index in [9.17, 15) is 9.59 Å². The number of nitrogens with zero attached hydrogens (tertiary/aromatic N) is 2. The van der Waals surface area contributed by atoms with Crippen LogP contribution in [0, 0.1) is 0 Å². The second kappa shape index (κ2) is 5.70. The largest absolute Gasteiger partial charge is 0.312 e. The SMILES string of the molecule is CCCCn1c2c(cc(C(C)=O)c1=O)CN(C)CC2. The maximum absolute atomic E-state index is 12.4. The molecule has 104 valence electrons. The first-order valence-electron chi connectivity index (χ1n) is 6.99. The third-order valence-corrected chi connectivity index (χ3v) is 3.78. The molecule has 0 spiro atoms. The van der Waals surface area contributed by atoms with Crippen LogP contribution in [0.25, 0.3) is 0 Å². The summed E-state index contributed by atoms with van der Waals surface area (Å²) in [5.41, 5.74) is 2.49. The molecule has 1 aliphatic rings. The Labute approximate surface area is 114 Å². The van der Waals surface area contributed by atoms with Crippen molar-refractivity contribution in [1.29, 1.82) is 0 Å². The van der Waals surface area contributed by atoms with Crippen molar-refractivity contribution in [2.45, 2.75) is 46.2 Å². The van der Waals surface area contributed by atoms with E-state index in [0.717, 1.165) is 50.2 Å². The molecule has 0 unspecified atom stereocenters. The Balaban J connectivity index is 2.55. The molecule has 0 aromatic carbocycles. The van der Waals surface area contributed by atoms with Crippen LogP contribution in [0.4, 0.5) is 0 Å². The molecule has 1 aliphatic heterocycles. The molecular formula is C15H22N2O2. The number of unbranched alkanes of at least 4 members (excludes halogenated alkanes) is 1. The predicted octanol–water partition coefficient (Wildman–Crippen LogP) is 1.84. The van der Waals surface area contributed by atoms with Gasteiger partial charge in [0.1, 0.15) is 0 Å². The van der Waals surface area contributed by atoms with Crippen LogP contribution in [0.1, 0.15) is 48.3 Å². The second-order valence-corrected chi connectivity index (χ2v) is 5.38. The third kappa shape index (κ3) is 2.78. The number of hydrogen-bond donors (Lipinski definition) is 0. The fraction of sp³-hybridized carbons (Fsp3) is 0.600. The van der Waals surface area contributed by atoms with Crippen molar-refractivity contribution >= 4 is 5.78 Å². The summed E-state index contributed by atoms with van der Waals surface area (Å²) in [5.74, 6) is -0.133. The van der Waals surface area contributed by atoms with Crippen LogP contribution < -0.4 is 5.56 Å². The number of rotatable bonds is 4. The minimum absolute atomic E-state index is 0.107. The Morgan fingerprint density at radius 3 is 2.79 bits per heavy atom. The normalized spacial score (nSPS) is 15.3. The quantitative estimate of drug-likeness (QED) is 0.778. The summed E-state index contributed by atoms with van der Waals surface area (Å²) in [7, 11) is 2.07. The molecule has 0 saturated carbocycles. The molecular weight excluding hydrogens is 240 g/mol. The molecule has 4 nitrogen and oxygen atoms in total. The van der Waals surface area contributed by atoms with E-state index in [1.54, 1.807) is 6.07 Å². The van der Waals surface area contributed by atoms with Gasteiger partial charge in [-0.05, 0) is 32.0 Å². The molecule has 0 aliphatic carbocycles. The van der Waals surface area contributed by atoms with Crippen LogP contribution in [0.2, 0.25) is 0 Å². The average Bonchev–Trinajstić information content (AvgIpc) is 2.37. The van der Waals surface area contributed by atoms with Crippen LogP contribution in [-0.4, -0.2) is 28.8 Å². The first-order valence-corrected chi connectivity index (χ1v) is 6.99. The average molecular weight is 262 g/mol. The van der Waals surface area contributed by atoms with Crippen molar-refractivity contribution in [3.8, 4) is 0 Å². The molecule has 0 amide bonds. The number of Topliss-reactive ketones (excluding diaryl/α,β-unsaturated/α-hetero) is 1. The number of ketones is 1. The Morgan fingerprint density at radius 1 is 1.42 bits per heavy atom. The summed E-state index contributed by atoms with van der Waals surface area (Å²) < 4.78 is 1.84. The van der Waals surface area contributed by atoms with Gasteiger partial charge in [-0.3, -0.25) is 9.59 Å². The van der Waals surface area contributed by atoms with E-state index in [4.69, 9.17) is 0 Å². The topological polar surface area (TPSA) is 42.3 Å². The number of carbonyl (C=O) groups is 1. The van der Waals surface area contributed by atoms with Gasteiger partial charge in [-0.15, -0.1) is 0 Å². The minimum atomic E-state index is -0.133. The molecule has 0 fully saturated rings. The molecule has 0 radical (unpaired) electrons. The van der Waals surface area contributed by atoms with E-state index >= 15 is 0 Å². The lowest BCUT2D eigenvalue weighted by Gasteiger charge is -2.28. The van der Waals surface area contributed by atoms with Gasteiger partial charge >= 0.3 is 0 Å². The van der Waals surface area contributed by atoms with Gasteiger partial charge in [0.15, 0.2) is 5.78 Å². The minimum Gasteiger partial charge on any atom is -0.312 e. The number of carbonyl (C=O) groups excluding carboxylic acids is 1. The number of hydrogen-bond acceptors (Lipinski definition) is 3. The van der Waals surface area contributed by atoms with Crippen LogP contribution in [0.5, 0.6) is 0 Å². The lowest BCUT2D eigenvalue weighted by molar-refractivity contribution is 0.101. The van der Waals surface area contributed by atoms with Crippen molar-refractivity contribution in [2.24, 2.45) is 0 Å². The van der Waals surface area contributed by atoms with Gasteiger partial charge in [-0.1, -0.05) is 13.3 Å². The summed E-state index contributed by atoms with van der Waals surface area (Å²) in [5, 5.41) is 0. The van der Waals surface area contributed by atoms with Crippen LogP contribution in [0.3, 0.4) is 0 Å². The lowest BCUT2D eigenvalue weighted by atomic mass is 10.0. The summed E-state index contributed by atoms with van der Waals surface area (Å²) in [4.78, 5) is 26.3. The molecule has 2 heterocycles. The van der Waals surface area contributed by atoms with Crippen molar-refractivity contribution in [1.82, 2.24) is 9.47 Å². The summed E-state index contributed by atoms with van der Waals surface area (Å²) >= 11 is 0. The third-order valence-electron chi connectivity index (χ3n) is 3.78. The fourth-order valence-corrected chi connectivity index (χ4v) is 2.66. The number of likely N-dealkylation sites (N-methyl/N-ethyl adjacent to an activating group) is 1. The number of fused-ring (bicyclic) bond motifs is 1. The Kier molecular flexibility index (Phi) is 4.20. The standard InChI is InChI=1S/C15H22N2O2/c1-4-5-7-17-14-6-8-16(3)10-12(14)9-13(11(2)18)15(17)19/h9H,4-8,10H2,1-3H3. The first kappa shape index (κ1) is 14.0. The van der Waals surface area contributed by atoms with Crippen LogP contribution >= 0.6 is 0 Å². The molecule has 0 N–H and O–H groups in total. The highest BCUT2D eigenvalue weighted by Gasteiger charge is 2.21. The highest BCUT2D eigenvalue weighted by Crippen LogP contribution is 2.18. The molecule has 0 bridgehead atoms. The number of aromatic nitrogens is 1. The van der Waals surface area contributed by atoms with Gasteiger partial charge in [0, 0.05) is 31.7 Å². The van der Waals surface area contributed by atoms with Gasteiger partial charge < -0.3 is 9.47 Å². The van der Waals surface area contributed by atoms with Gasteiger partial charge in [-0.25, -0.2) is 0 Å². The fourth-order valence-electron chi connectivity index (χ4n) is 2.66. The molecule has 0 atom stereocenters. The van der Waals surface area contributed by atoms with E-state index < -0.39 is 0 Å². The first-order chi connectivity index (χ1) is 9.04. The predicted molar refractivity (Wildman–Crippen MR) is 75.7 cm³/mol. The van der Waals surface area contributed by atoms with E-state index in [1.807, 2.05) is 4.57 Å². The monoisotopic (exact) mass is 262 g/mol. The molecule has 0 saturated heterocycles. The van der Waals surface area contributed by atoms with Gasteiger partial charge in [0.2, 0.25) is 0 Å². The zero-order valence-corrected chi connectivity index (χ0v) is 12.0. The highest BCUT2D eigenvalue weighted by atomic mass is 16.1. The zero-order chi connectivity index (χ0) is 14.0. The highest BCUT2D eigenvalue weighted by molar-refractivity contribution is 5.93. The Hall–Kier alpha value is -1.42. The summed E-state index contributed by atoms with van der Waals surface area (Å²) in [6.45, 7) is 6.10. The van der Waals surface area contributed by atoms with E-state index in [2.05, 4.69) is 18.9 Å². The van der Waals surface area contributed by atoms with Crippen molar-refractivity contribution < 1.29 is 4.79 Å². The van der Waals surface area contributed by atoms with Gasteiger partial charge in [0.25, 0.3) is 5.56 Å². The second-order valence-electron chi connectivity index (χ2n) is 5.38. The summed E-state index contributed by atoms with van der Waals surface area (Å²) in [6.07, 6.45) is 2.91. The summed E-state index contributed by atoms with van der Waals surface area (Å²) in [6, 6.07) is 1.80. The lowest BCUT2D eigenvalue weighted by Crippen LogP contribution is -2.36. The van der Waals surface area contributed by atoms with Gasteiger partial charge in [0.05, 0.1) is 5.56 Å². The van der Waals surface area contributed by atoms with Crippen molar-refractivity contribution in [3.05, 3.63) is 33.2 Å². The van der Waals surface area contributed by atoms with E-state index in [0.29, 0.717) is 5.56 Å². The smallest absolute Gasteiger partial charge is 0.261 e. The van der Waals surface area contributed by atoms with E-state index in [-0.39, 0.29) is 11.3 Å².